The van der Waals surface area contributed by atoms with Crippen LogP contribution in [0.2, 0.25) is 0 Å². The highest BCUT2D eigenvalue weighted by Crippen LogP contribution is 2.39. The van der Waals surface area contributed by atoms with E-state index < -0.39 is 11.2 Å². The Balaban J connectivity index is 2.34. The molecule has 2 aromatic rings. The second-order valence-corrected chi connectivity index (χ2v) is 10.8. The highest BCUT2D eigenvalue weighted by molar-refractivity contribution is 5.37. The lowest BCUT2D eigenvalue weighted by Crippen LogP contribution is -2.33. The van der Waals surface area contributed by atoms with E-state index in [9.17, 15) is 0 Å². The van der Waals surface area contributed by atoms with Crippen molar-refractivity contribution in [2.45, 2.75) is 91.3 Å². The fraction of sp³-hybridized carbons (Fsp3) is 0.538. The molecule has 0 radical (unpaired) electrons. The fourth-order valence-corrected chi connectivity index (χ4v) is 3.62. The maximum absolute atomic E-state index is 6.14. The largest absolute Gasteiger partial charge is 0.225 e. The first-order valence-electron chi connectivity index (χ1n) is 10.2. The lowest BCUT2D eigenvalue weighted by molar-refractivity contribution is -0.410. The molecule has 2 nitrogen and oxygen atoms in total. The molecule has 0 unspecified atom stereocenters. The number of benzene rings is 2. The van der Waals surface area contributed by atoms with E-state index in [0.29, 0.717) is 0 Å². The van der Waals surface area contributed by atoms with E-state index in [1.165, 1.54) is 11.1 Å². The van der Waals surface area contributed by atoms with Gasteiger partial charge in [-0.3, -0.25) is 0 Å². The Bertz CT molecular complexity index is 732. The number of hydrogen-bond donors (Lipinski definition) is 0. The van der Waals surface area contributed by atoms with Gasteiger partial charge in [0.1, 0.15) is 11.2 Å². The molecule has 0 saturated carbocycles. The van der Waals surface area contributed by atoms with Crippen molar-refractivity contribution in [3.05, 3.63) is 70.8 Å². The van der Waals surface area contributed by atoms with Gasteiger partial charge in [0, 0.05) is 0 Å². The normalized spacial score (nSPS) is 13.6. The van der Waals surface area contributed by atoms with Gasteiger partial charge in [-0.25, -0.2) is 9.78 Å². The zero-order valence-corrected chi connectivity index (χ0v) is 19.4. The molecule has 0 aromatic heterocycles. The molecule has 2 rings (SSSR count). The summed E-state index contributed by atoms with van der Waals surface area (Å²) in [5.74, 6) is 0. The summed E-state index contributed by atoms with van der Waals surface area (Å²) in [7, 11) is 0. The second kappa shape index (κ2) is 7.65. The maximum atomic E-state index is 6.14. The van der Waals surface area contributed by atoms with E-state index in [1.807, 2.05) is 0 Å². The highest BCUT2D eigenvalue weighted by atomic mass is 17.2. The van der Waals surface area contributed by atoms with Crippen molar-refractivity contribution in [3.8, 4) is 0 Å². The maximum Gasteiger partial charge on any atom is 0.123 e. The summed E-state index contributed by atoms with van der Waals surface area (Å²) in [4.78, 5) is 12.3. The summed E-state index contributed by atoms with van der Waals surface area (Å²) in [5, 5.41) is 0. The van der Waals surface area contributed by atoms with Crippen molar-refractivity contribution in [2.75, 3.05) is 0 Å². The van der Waals surface area contributed by atoms with Crippen LogP contribution in [0.15, 0.2) is 48.5 Å². The molecule has 154 valence electrons. The molecule has 0 fully saturated rings. The van der Waals surface area contributed by atoms with Crippen molar-refractivity contribution >= 4 is 0 Å². The number of hydrogen-bond acceptors (Lipinski definition) is 2. The van der Waals surface area contributed by atoms with Gasteiger partial charge in [0.05, 0.1) is 0 Å². The zero-order chi connectivity index (χ0) is 21.4. The average molecular weight is 383 g/mol. The summed E-state index contributed by atoms with van der Waals surface area (Å²) in [5.41, 5.74) is 3.78. The molecule has 28 heavy (non-hydrogen) atoms. The van der Waals surface area contributed by atoms with Crippen molar-refractivity contribution in [3.63, 3.8) is 0 Å². The van der Waals surface area contributed by atoms with Crippen molar-refractivity contribution in [2.24, 2.45) is 0 Å². The smallest absolute Gasteiger partial charge is 0.123 e. The van der Waals surface area contributed by atoms with Gasteiger partial charge in [-0.05, 0) is 60.8 Å². The van der Waals surface area contributed by atoms with Gasteiger partial charge in [0.15, 0.2) is 0 Å². The van der Waals surface area contributed by atoms with E-state index in [2.05, 4.69) is 118 Å². The monoisotopic (exact) mass is 382 g/mol. The molecule has 0 atom stereocenters. The first-order chi connectivity index (χ1) is 12.7. The summed E-state index contributed by atoms with van der Waals surface area (Å²) in [6, 6.07) is 16.9. The quantitative estimate of drug-likeness (QED) is 0.396. The predicted molar refractivity (Wildman–Crippen MR) is 119 cm³/mol. The third kappa shape index (κ3) is 5.04. The molecule has 0 N–H and O–H groups in total. The molecule has 0 aliphatic heterocycles. The molecule has 0 aliphatic carbocycles. The van der Waals surface area contributed by atoms with Crippen molar-refractivity contribution < 1.29 is 9.78 Å². The van der Waals surface area contributed by atoms with E-state index in [4.69, 9.17) is 9.78 Å². The summed E-state index contributed by atoms with van der Waals surface area (Å²) in [6.45, 7) is 21.7. The van der Waals surface area contributed by atoms with Crippen LogP contribution < -0.4 is 0 Å². The van der Waals surface area contributed by atoms with E-state index in [1.54, 1.807) is 0 Å². The molecule has 0 bridgehead atoms. The lowest BCUT2D eigenvalue weighted by Gasteiger charge is -2.36. The Kier molecular flexibility index (Phi) is 6.19. The van der Waals surface area contributed by atoms with Crippen LogP contribution in [-0.4, -0.2) is 0 Å². The van der Waals surface area contributed by atoms with Crippen LogP contribution in [-0.2, 0) is 31.8 Å². The molecule has 2 aromatic carbocycles. The molecule has 2 heteroatoms. The lowest BCUT2D eigenvalue weighted by atomic mass is 9.79. The summed E-state index contributed by atoms with van der Waals surface area (Å²) < 4.78 is 0. The second-order valence-electron chi connectivity index (χ2n) is 10.8. The standard InChI is InChI=1S/C26H38O2/c1-23(2,3)19-15-11-13-17-21(19)25(7,8)27-28-26(9,10)22-18-14-12-16-20(22)24(4,5)6/h11-18H,1-10H3. The Morgan fingerprint density at radius 2 is 0.679 bits per heavy atom. The molecular formula is C26H38O2. The molecule has 0 heterocycles. The van der Waals surface area contributed by atoms with Gasteiger partial charge in [-0.2, -0.15) is 0 Å². The van der Waals surface area contributed by atoms with Gasteiger partial charge in [-0.15, -0.1) is 0 Å². The highest BCUT2D eigenvalue weighted by Gasteiger charge is 2.35. The minimum Gasteiger partial charge on any atom is -0.225 e. The Labute approximate surface area is 172 Å². The van der Waals surface area contributed by atoms with Crippen LogP contribution in [0.1, 0.15) is 91.5 Å². The van der Waals surface area contributed by atoms with Crippen LogP contribution in [0.4, 0.5) is 0 Å². The van der Waals surface area contributed by atoms with Gasteiger partial charge >= 0.3 is 0 Å². The van der Waals surface area contributed by atoms with Gasteiger partial charge < -0.3 is 0 Å². The van der Waals surface area contributed by atoms with Gasteiger partial charge in [0.2, 0.25) is 0 Å². The Morgan fingerprint density at radius 1 is 0.429 bits per heavy atom. The number of rotatable bonds is 5. The van der Waals surface area contributed by atoms with E-state index in [-0.39, 0.29) is 10.8 Å². The Hall–Kier alpha value is -1.64. The third-order valence-corrected chi connectivity index (χ3v) is 5.23. The molecule has 0 aliphatic rings. The topological polar surface area (TPSA) is 18.5 Å². The average Bonchev–Trinajstić information content (AvgIpc) is 2.59. The fourth-order valence-electron chi connectivity index (χ4n) is 3.62. The molecule has 0 spiro atoms. The minimum atomic E-state index is -0.572. The Morgan fingerprint density at radius 3 is 0.929 bits per heavy atom. The van der Waals surface area contributed by atoms with Crippen LogP contribution in [0, 0.1) is 0 Å². The van der Waals surface area contributed by atoms with Crippen LogP contribution in [0.25, 0.3) is 0 Å². The summed E-state index contributed by atoms with van der Waals surface area (Å²) >= 11 is 0. The minimum absolute atomic E-state index is 0.0333. The molecule has 0 saturated heterocycles. The van der Waals surface area contributed by atoms with Gasteiger partial charge in [0.25, 0.3) is 0 Å². The predicted octanol–water partition coefficient (Wildman–Crippen LogP) is 7.40. The van der Waals surface area contributed by atoms with E-state index >= 15 is 0 Å². The molecular weight excluding hydrogens is 344 g/mol. The SMILES string of the molecule is CC(C)(C)c1ccccc1C(C)(C)OOC(C)(C)c1ccccc1C(C)(C)C. The van der Waals surface area contributed by atoms with Crippen molar-refractivity contribution in [1.29, 1.82) is 0 Å². The first kappa shape index (κ1) is 22.6. The third-order valence-electron chi connectivity index (χ3n) is 5.23. The summed E-state index contributed by atoms with van der Waals surface area (Å²) in [6.07, 6.45) is 0. The first-order valence-corrected chi connectivity index (χ1v) is 10.2. The van der Waals surface area contributed by atoms with Crippen LogP contribution >= 0.6 is 0 Å². The van der Waals surface area contributed by atoms with Gasteiger partial charge in [-0.1, -0.05) is 90.1 Å². The van der Waals surface area contributed by atoms with E-state index in [0.717, 1.165) is 11.1 Å². The zero-order valence-electron chi connectivity index (χ0n) is 19.4. The molecule has 0 amide bonds. The van der Waals surface area contributed by atoms with Crippen molar-refractivity contribution in [1.82, 2.24) is 0 Å². The van der Waals surface area contributed by atoms with Crippen LogP contribution in [0.3, 0.4) is 0 Å². The van der Waals surface area contributed by atoms with Crippen LogP contribution in [0.5, 0.6) is 0 Å².